The molecule has 2 aliphatic rings. The molecule has 1 N–H and O–H groups in total. The molecule has 1 saturated heterocycles. The molecule has 3 heteroatoms. The number of rotatable bonds is 3. The van der Waals surface area contributed by atoms with E-state index in [-0.39, 0.29) is 6.10 Å². The highest BCUT2D eigenvalue weighted by Crippen LogP contribution is 2.37. The first-order valence-electron chi connectivity index (χ1n) is 8.23. The molecule has 3 nitrogen and oxygen atoms in total. The Labute approximate surface area is 127 Å². The van der Waals surface area contributed by atoms with E-state index in [1.165, 1.54) is 11.1 Å². The topological polar surface area (TPSA) is 32.7 Å². The number of benzene rings is 1. The average Bonchev–Trinajstić information content (AvgIpc) is 2.48. The smallest absolute Gasteiger partial charge is 0.0855 e. The molecule has 0 spiro atoms. The molecule has 1 atom stereocenters. The molecule has 1 fully saturated rings. The molecule has 2 heterocycles. The lowest BCUT2D eigenvalue weighted by atomic mass is 9.82. The highest BCUT2D eigenvalue weighted by Gasteiger charge is 2.37. The van der Waals surface area contributed by atoms with Crippen molar-refractivity contribution >= 4 is 0 Å². The fourth-order valence-electron chi connectivity index (χ4n) is 3.65. The maximum atomic E-state index is 10.9. The van der Waals surface area contributed by atoms with Crippen molar-refractivity contribution in [1.82, 2.24) is 4.90 Å². The third-order valence-electron chi connectivity index (χ3n) is 5.12. The highest BCUT2D eigenvalue weighted by molar-refractivity contribution is 5.31. The number of nitrogens with zero attached hydrogens (tertiary/aromatic N) is 1. The Morgan fingerprint density at radius 1 is 1.29 bits per heavy atom. The van der Waals surface area contributed by atoms with Gasteiger partial charge in [-0.3, -0.25) is 0 Å². The van der Waals surface area contributed by atoms with E-state index >= 15 is 0 Å². The van der Waals surface area contributed by atoms with Gasteiger partial charge in [-0.1, -0.05) is 24.3 Å². The molecule has 1 aromatic carbocycles. The Bertz CT molecular complexity index is 478. The summed E-state index contributed by atoms with van der Waals surface area (Å²) in [6.45, 7) is 7.21. The maximum absolute atomic E-state index is 10.9. The molecule has 0 saturated carbocycles. The summed E-state index contributed by atoms with van der Waals surface area (Å²) in [5.74, 6) is 0. The lowest BCUT2D eigenvalue weighted by molar-refractivity contribution is -0.0788. The first-order chi connectivity index (χ1) is 10.1. The van der Waals surface area contributed by atoms with E-state index in [0.29, 0.717) is 6.04 Å². The summed E-state index contributed by atoms with van der Waals surface area (Å²) >= 11 is 0. The number of ether oxygens (including phenoxy) is 1. The van der Waals surface area contributed by atoms with Crippen LogP contribution in [0.5, 0.6) is 0 Å². The van der Waals surface area contributed by atoms with Gasteiger partial charge in [-0.05, 0) is 44.2 Å². The minimum Gasteiger partial charge on any atom is -0.390 e. The van der Waals surface area contributed by atoms with Crippen LogP contribution in [0.1, 0.15) is 50.3 Å². The number of piperidine rings is 1. The van der Waals surface area contributed by atoms with Crippen LogP contribution in [0.4, 0.5) is 0 Å². The number of aliphatic hydroxyl groups is 1. The summed E-state index contributed by atoms with van der Waals surface area (Å²) in [6, 6.07) is 9.09. The Morgan fingerprint density at radius 3 is 2.71 bits per heavy atom. The third kappa shape index (κ3) is 3.31. The van der Waals surface area contributed by atoms with Crippen molar-refractivity contribution in [3.63, 3.8) is 0 Å². The van der Waals surface area contributed by atoms with Crippen LogP contribution < -0.4 is 0 Å². The second kappa shape index (κ2) is 6.07. The lowest BCUT2D eigenvalue weighted by Gasteiger charge is -2.42. The standard InChI is InChI=1S/C18H27NO2/c1-14(2)19-10-8-18(20,9-11-19)13-17-16-6-4-3-5-15(16)7-12-21-17/h3-6,14,17,20H,7-13H2,1-2H3. The van der Waals surface area contributed by atoms with Gasteiger partial charge in [0.15, 0.2) is 0 Å². The van der Waals surface area contributed by atoms with Crippen molar-refractivity contribution in [3.8, 4) is 0 Å². The van der Waals surface area contributed by atoms with Crippen LogP contribution in [0.25, 0.3) is 0 Å². The minimum absolute atomic E-state index is 0.0607. The number of likely N-dealkylation sites (tertiary alicyclic amines) is 1. The van der Waals surface area contributed by atoms with Crippen LogP contribution in [0, 0.1) is 0 Å². The van der Waals surface area contributed by atoms with E-state index < -0.39 is 5.60 Å². The molecule has 3 rings (SSSR count). The van der Waals surface area contributed by atoms with Gasteiger partial charge in [0.2, 0.25) is 0 Å². The van der Waals surface area contributed by atoms with Crippen molar-refractivity contribution in [2.75, 3.05) is 19.7 Å². The van der Waals surface area contributed by atoms with Crippen molar-refractivity contribution in [2.24, 2.45) is 0 Å². The zero-order valence-electron chi connectivity index (χ0n) is 13.2. The first kappa shape index (κ1) is 15.0. The molecular weight excluding hydrogens is 262 g/mol. The van der Waals surface area contributed by atoms with Gasteiger partial charge in [0, 0.05) is 25.6 Å². The van der Waals surface area contributed by atoms with Crippen molar-refractivity contribution in [2.45, 2.75) is 57.3 Å². The number of fused-ring (bicyclic) bond motifs is 1. The van der Waals surface area contributed by atoms with E-state index in [4.69, 9.17) is 4.74 Å². The van der Waals surface area contributed by atoms with Gasteiger partial charge in [0.1, 0.15) is 0 Å². The van der Waals surface area contributed by atoms with Crippen LogP contribution in [0.15, 0.2) is 24.3 Å². The third-order valence-corrected chi connectivity index (χ3v) is 5.12. The number of hydrogen-bond acceptors (Lipinski definition) is 3. The van der Waals surface area contributed by atoms with E-state index in [2.05, 4.69) is 43.0 Å². The summed E-state index contributed by atoms with van der Waals surface area (Å²) in [5.41, 5.74) is 2.10. The summed E-state index contributed by atoms with van der Waals surface area (Å²) in [5, 5.41) is 10.9. The minimum atomic E-state index is -0.569. The zero-order chi connectivity index (χ0) is 14.9. The summed E-state index contributed by atoms with van der Waals surface area (Å²) < 4.78 is 5.97. The van der Waals surface area contributed by atoms with Crippen molar-refractivity contribution < 1.29 is 9.84 Å². The van der Waals surface area contributed by atoms with Crippen LogP contribution in [-0.2, 0) is 11.2 Å². The van der Waals surface area contributed by atoms with Gasteiger partial charge in [0.25, 0.3) is 0 Å². The quantitative estimate of drug-likeness (QED) is 0.928. The molecular formula is C18H27NO2. The fraction of sp³-hybridized carbons (Fsp3) is 0.667. The van der Waals surface area contributed by atoms with Crippen molar-refractivity contribution in [3.05, 3.63) is 35.4 Å². The van der Waals surface area contributed by atoms with Crippen LogP contribution in [0.3, 0.4) is 0 Å². The van der Waals surface area contributed by atoms with Gasteiger partial charge >= 0.3 is 0 Å². The first-order valence-corrected chi connectivity index (χ1v) is 8.23. The largest absolute Gasteiger partial charge is 0.390 e. The molecule has 0 radical (unpaired) electrons. The molecule has 1 unspecified atom stereocenters. The molecule has 116 valence electrons. The highest BCUT2D eigenvalue weighted by atomic mass is 16.5. The molecule has 0 amide bonds. The molecule has 1 aromatic rings. The molecule has 21 heavy (non-hydrogen) atoms. The van der Waals surface area contributed by atoms with Crippen LogP contribution in [-0.4, -0.2) is 41.3 Å². The van der Waals surface area contributed by atoms with Crippen molar-refractivity contribution in [1.29, 1.82) is 0 Å². The maximum Gasteiger partial charge on any atom is 0.0855 e. The average molecular weight is 289 g/mol. The Kier molecular flexibility index (Phi) is 4.34. The predicted octanol–water partition coefficient (Wildman–Crippen LogP) is 2.93. The summed E-state index contributed by atoms with van der Waals surface area (Å²) in [6.07, 6.45) is 3.49. The SMILES string of the molecule is CC(C)N1CCC(O)(CC2OCCc3ccccc32)CC1. The normalized spacial score (nSPS) is 25.8. The van der Waals surface area contributed by atoms with Crippen LogP contribution >= 0.6 is 0 Å². The second-order valence-corrected chi connectivity index (χ2v) is 6.87. The predicted molar refractivity (Wildman–Crippen MR) is 84.3 cm³/mol. The van der Waals surface area contributed by atoms with Gasteiger partial charge < -0.3 is 14.7 Å². The molecule has 0 aliphatic carbocycles. The van der Waals surface area contributed by atoms with Gasteiger partial charge in [-0.2, -0.15) is 0 Å². The van der Waals surface area contributed by atoms with E-state index in [1.54, 1.807) is 0 Å². The lowest BCUT2D eigenvalue weighted by Crippen LogP contribution is -2.47. The van der Waals surface area contributed by atoms with Gasteiger partial charge in [-0.25, -0.2) is 0 Å². The summed E-state index contributed by atoms with van der Waals surface area (Å²) in [4.78, 5) is 2.45. The van der Waals surface area contributed by atoms with Gasteiger partial charge in [0.05, 0.1) is 18.3 Å². The monoisotopic (exact) mass is 289 g/mol. The zero-order valence-corrected chi connectivity index (χ0v) is 13.2. The molecule has 0 aromatic heterocycles. The van der Waals surface area contributed by atoms with E-state index in [0.717, 1.165) is 45.4 Å². The Morgan fingerprint density at radius 2 is 2.00 bits per heavy atom. The van der Waals surface area contributed by atoms with E-state index in [1.807, 2.05) is 0 Å². The van der Waals surface area contributed by atoms with Gasteiger partial charge in [-0.15, -0.1) is 0 Å². The second-order valence-electron chi connectivity index (χ2n) is 6.87. The Hall–Kier alpha value is -0.900. The van der Waals surface area contributed by atoms with Crippen LogP contribution in [0.2, 0.25) is 0 Å². The summed E-state index contributed by atoms with van der Waals surface area (Å²) in [7, 11) is 0. The Balaban J connectivity index is 1.67. The fourth-order valence-corrected chi connectivity index (χ4v) is 3.65. The number of hydrogen-bond donors (Lipinski definition) is 1. The van der Waals surface area contributed by atoms with E-state index in [9.17, 15) is 5.11 Å². The molecule has 2 aliphatic heterocycles. The molecule has 0 bridgehead atoms.